The van der Waals surface area contributed by atoms with Crippen LogP contribution < -0.4 is 10.1 Å². The summed E-state index contributed by atoms with van der Waals surface area (Å²) in [5, 5.41) is 2.98. The molecule has 8 nitrogen and oxygen atoms in total. The van der Waals surface area contributed by atoms with E-state index < -0.39 is 10.0 Å². The molecule has 2 amide bonds. The fourth-order valence-corrected chi connectivity index (χ4v) is 6.05. The minimum absolute atomic E-state index is 0.0584. The summed E-state index contributed by atoms with van der Waals surface area (Å²) in [6, 6.07) is 11.8. The summed E-state index contributed by atoms with van der Waals surface area (Å²) in [6.45, 7) is 3.88. The first-order valence-electron chi connectivity index (χ1n) is 11.6. The third-order valence-electron chi connectivity index (χ3n) is 6.67. The molecule has 2 heterocycles. The molecule has 2 aromatic rings. The van der Waals surface area contributed by atoms with Crippen LogP contribution in [0.25, 0.3) is 0 Å². The first kappa shape index (κ1) is 24.2. The van der Waals surface area contributed by atoms with Crippen LogP contribution in [0.3, 0.4) is 0 Å². The average Bonchev–Trinajstić information content (AvgIpc) is 3.40. The molecule has 0 aliphatic carbocycles. The molecule has 0 saturated carbocycles. The van der Waals surface area contributed by atoms with Crippen LogP contribution in [0.15, 0.2) is 47.4 Å². The van der Waals surface area contributed by atoms with Gasteiger partial charge in [0.2, 0.25) is 15.9 Å². The molecular weight excluding hydrogens is 454 g/mol. The van der Waals surface area contributed by atoms with Crippen molar-refractivity contribution >= 4 is 27.5 Å². The van der Waals surface area contributed by atoms with E-state index in [-0.39, 0.29) is 35.7 Å². The summed E-state index contributed by atoms with van der Waals surface area (Å²) in [6.07, 6.45) is 2.83. The highest BCUT2D eigenvalue weighted by Gasteiger charge is 2.33. The molecular formula is C25H31N3O5S. The van der Waals surface area contributed by atoms with E-state index in [2.05, 4.69) is 5.32 Å². The van der Waals surface area contributed by atoms with Gasteiger partial charge in [0.25, 0.3) is 5.91 Å². The molecule has 1 N–H and O–H groups in total. The van der Waals surface area contributed by atoms with E-state index >= 15 is 0 Å². The van der Waals surface area contributed by atoms with Crippen molar-refractivity contribution in [3.8, 4) is 5.75 Å². The van der Waals surface area contributed by atoms with Gasteiger partial charge < -0.3 is 15.0 Å². The normalized spacial score (nSPS) is 17.5. The van der Waals surface area contributed by atoms with Crippen molar-refractivity contribution in [2.45, 2.75) is 37.5 Å². The van der Waals surface area contributed by atoms with Gasteiger partial charge in [-0.05, 0) is 68.5 Å². The number of para-hydroxylation sites is 1. The Bertz CT molecular complexity index is 1150. The molecule has 2 aromatic carbocycles. The molecule has 0 aromatic heterocycles. The van der Waals surface area contributed by atoms with Gasteiger partial charge in [0.15, 0.2) is 0 Å². The van der Waals surface area contributed by atoms with Crippen LogP contribution in [0.4, 0.5) is 5.69 Å². The molecule has 2 fully saturated rings. The summed E-state index contributed by atoms with van der Waals surface area (Å²) in [4.78, 5) is 28.1. The zero-order valence-electron chi connectivity index (χ0n) is 19.6. The summed E-state index contributed by atoms with van der Waals surface area (Å²) in [5.74, 6) is 0.0351. The fraction of sp³-hybridized carbons (Fsp3) is 0.440. The Kier molecular flexibility index (Phi) is 7.23. The van der Waals surface area contributed by atoms with E-state index in [4.69, 9.17) is 4.74 Å². The number of ether oxygens (including phenoxy) is 1. The van der Waals surface area contributed by atoms with Crippen molar-refractivity contribution in [2.75, 3.05) is 38.6 Å². The van der Waals surface area contributed by atoms with Crippen LogP contribution in [0.5, 0.6) is 5.75 Å². The topological polar surface area (TPSA) is 96.0 Å². The molecule has 0 bridgehead atoms. The maximum Gasteiger partial charge on any atom is 0.255 e. The summed E-state index contributed by atoms with van der Waals surface area (Å²) in [7, 11) is -2.10. The lowest BCUT2D eigenvalue weighted by atomic mass is 9.96. The van der Waals surface area contributed by atoms with Gasteiger partial charge in [0.05, 0.1) is 23.3 Å². The van der Waals surface area contributed by atoms with Crippen LogP contribution in [0.2, 0.25) is 0 Å². The van der Waals surface area contributed by atoms with E-state index in [0.29, 0.717) is 29.8 Å². The number of carbonyl (C=O) groups is 2. The predicted octanol–water partition coefficient (Wildman–Crippen LogP) is 3.28. The summed E-state index contributed by atoms with van der Waals surface area (Å²) < 4.78 is 32.5. The quantitative estimate of drug-likeness (QED) is 0.678. The Hall–Kier alpha value is -2.91. The van der Waals surface area contributed by atoms with Crippen molar-refractivity contribution in [2.24, 2.45) is 5.92 Å². The number of nitrogens with one attached hydrogen (secondary N) is 1. The van der Waals surface area contributed by atoms with Gasteiger partial charge in [-0.3, -0.25) is 9.59 Å². The van der Waals surface area contributed by atoms with Crippen molar-refractivity contribution in [1.82, 2.24) is 9.21 Å². The number of sulfonamides is 1. The van der Waals surface area contributed by atoms with E-state index in [1.807, 2.05) is 24.0 Å². The molecule has 34 heavy (non-hydrogen) atoms. The zero-order chi connectivity index (χ0) is 24.3. The third-order valence-corrected chi connectivity index (χ3v) is 8.58. The minimum atomic E-state index is -3.63. The molecule has 0 radical (unpaired) electrons. The molecule has 2 saturated heterocycles. The number of piperidine rings is 1. The number of rotatable bonds is 6. The summed E-state index contributed by atoms with van der Waals surface area (Å²) >= 11 is 0. The predicted molar refractivity (Wildman–Crippen MR) is 129 cm³/mol. The maximum absolute atomic E-state index is 13.1. The molecule has 0 atom stereocenters. The van der Waals surface area contributed by atoms with Gasteiger partial charge in [0.1, 0.15) is 5.75 Å². The SMILES string of the molecule is COc1ccc(S(=O)(=O)N2CCC(C(=O)Nc3c(C)cccc3C(=O)N3CCCC3)CC2)cc1. The number of anilines is 1. The number of benzene rings is 2. The second-order valence-electron chi connectivity index (χ2n) is 8.84. The number of amides is 2. The number of nitrogens with zero attached hydrogens (tertiary/aromatic N) is 2. The molecule has 2 aliphatic heterocycles. The largest absolute Gasteiger partial charge is 0.497 e. The first-order chi connectivity index (χ1) is 16.3. The Morgan fingerprint density at radius 1 is 0.971 bits per heavy atom. The van der Waals surface area contributed by atoms with Crippen LogP contribution in [-0.2, 0) is 14.8 Å². The molecule has 0 spiro atoms. The standard InChI is InChI=1S/C25H31N3O5S/c1-18-6-5-7-22(25(30)27-14-3-4-15-27)23(18)26-24(29)19-12-16-28(17-13-19)34(31,32)21-10-8-20(33-2)9-11-21/h5-11,19H,3-4,12-17H2,1-2H3,(H,26,29). The number of likely N-dealkylation sites (tertiary alicyclic amines) is 1. The smallest absolute Gasteiger partial charge is 0.255 e. The highest BCUT2D eigenvalue weighted by atomic mass is 32.2. The van der Waals surface area contributed by atoms with E-state index in [9.17, 15) is 18.0 Å². The highest BCUT2D eigenvalue weighted by molar-refractivity contribution is 7.89. The van der Waals surface area contributed by atoms with Gasteiger partial charge in [-0.1, -0.05) is 12.1 Å². The van der Waals surface area contributed by atoms with Crippen molar-refractivity contribution < 1.29 is 22.7 Å². The van der Waals surface area contributed by atoms with Gasteiger partial charge in [-0.25, -0.2) is 8.42 Å². The van der Waals surface area contributed by atoms with Crippen molar-refractivity contribution in [1.29, 1.82) is 0 Å². The Morgan fingerprint density at radius 2 is 1.62 bits per heavy atom. The Labute approximate surface area is 200 Å². The Balaban J connectivity index is 1.42. The fourth-order valence-electron chi connectivity index (χ4n) is 4.58. The lowest BCUT2D eigenvalue weighted by Gasteiger charge is -2.31. The lowest BCUT2D eigenvalue weighted by Crippen LogP contribution is -2.41. The van der Waals surface area contributed by atoms with Gasteiger partial charge in [-0.2, -0.15) is 4.31 Å². The van der Waals surface area contributed by atoms with E-state index in [0.717, 1.165) is 31.5 Å². The van der Waals surface area contributed by atoms with Crippen molar-refractivity contribution in [3.63, 3.8) is 0 Å². The zero-order valence-corrected chi connectivity index (χ0v) is 20.4. The molecule has 4 rings (SSSR count). The van der Waals surface area contributed by atoms with Crippen LogP contribution >= 0.6 is 0 Å². The van der Waals surface area contributed by atoms with Crippen molar-refractivity contribution in [3.05, 3.63) is 53.6 Å². The van der Waals surface area contributed by atoms with E-state index in [1.165, 1.54) is 23.5 Å². The number of aryl methyl sites for hydroxylation is 1. The second-order valence-corrected chi connectivity index (χ2v) is 10.8. The molecule has 182 valence electrons. The highest BCUT2D eigenvalue weighted by Crippen LogP contribution is 2.28. The van der Waals surface area contributed by atoms with Crippen LogP contribution in [-0.4, -0.2) is 62.7 Å². The lowest BCUT2D eigenvalue weighted by molar-refractivity contribution is -0.120. The molecule has 2 aliphatic rings. The molecule has 0 unspecified atom stereocenters. The van der Waals surface area contributed by atoms with Crippen LogP contribution in [0.1, 0.15) is 41.6 Å². The van der Waals surface area contributed by atoms with E-state index in [1.54, 1.807) is 18.2 Å². The number of carbonyl (C=O) groups excluding carboxylic acids is 2. The van der Waals surface area contributed by atoms with Gasteiger partial charge >= 0.3 is 0 Å². The third kappa shape index (κ3) is 4.95. The maximum atomic E-state index is 13.1. The number of methoxy groups -OCH3 is 1. The monoisotopic (exact) mass is 485 g/mol. The average molecular weight is 486 g/mol. The van der Waals surface area contributed by atoms with Gasteiger partial charge in [0, 0.05) is 32.1 Å². The van der Waals surface area contributed by atoms with Gasteiger partial charge in [-0.15, -0.1) is 0 Å². The minimum Gasteiger partial charge on any atom is -0.497 e. The second kappa shape index (κ2) is 10.1. The Morgan fingerprint density at radius 3 is 2.24 bits per heavy atom. The number of hydrogen-bond acceptors (Lipinski definition) is 5. The van der Waals surface area contributed by atoms with Crippen LogP contribution in [0, 0.1) is 12.8 Å². The number of hydrogen-bond donors (Lipinski definition) is 1. The first-order valence-corrected chi connectivity index (χ1v) is 13.1. The molecule has 9 heteroatoms. The summed E-state index contributed by atoms with van der Waals surface area (Å²) in [5.41, 5.74) is 1.89.